The lowest BCUT2D eigenvalue weighted by Gasteiger charge is -2.35. The number of nitrogens with zero attached hydrogens (tertiary/aromatic N) is 2. The summed E-state index contributed by atoms with van der Waals surface area (Å²) >= 11 is 0. The van der Waals surface area contributed by atoms with Crippen LogP contribution in [0.15, 0.2) is 52.1 Å². The van der Waals surface area contributed by atoms with E-state index in [9.17, 15) is 14.4 Å². The number of amides is 1. The number of fused-ring (bicyclic) bond motifs is 1. The molecule has 1 aromatic heterocycles. The van der Waals surface area contributed by atoms with Crippen molar-refractivity contribution in [3.63, 3.8) is 0 Å². The molecule has 35 heavy (non-hydrogen) atoms. The lowest BCUT2D eigenvalue weighted by molar-refractivity contribution is 0.0947. The van der Waals surface area contributed by atoms with Gasteiger partial charge in [0.1, 0.15) is 5.75 Å². The molecule has 1 fully saturated rings. The highest BCUT2D eigenvalue weighted by Crippen LogP contribution is 2.20. The van der Waals surface area contributed by atoms with E-state index in [0.29, 0.717) is 34.8 Å². The predicted molar refractivity (Wildman–Crippen MR) is 137 cm³/mol. The number of para-hydroxylation sites is 1. The third-order valence-corrected chi connectivity index (χ3v) is 6.89. The maximum Gasteiger partial charge on any atom is 0.329 e. The Kier molecular flexibility index (Phi) is 8.02. The molecule has 4 rings (SSSR count). The average Bonchev–Trinajstić information content (AvgIpc) is 2.89. The lowest BCUT2D eigenvalue weighted by Crippen LogP contribution is -2.40. The van der Waals surface area contributed by atoms with Crippen molar-refractivity contribution in [3.05, 3.63) is 74.4 Å². The monoisotopic (exact) mass is 478 g/mol. The van der Waals surface area contributed by atoms with Crippen LogP contribution >= 0.6 is 0 Å². The summed E-state index contributed by atoms with van der Waals surface area (Å²) in [6.07, 6.45) is 5.88. The average molecular weight is 479 g/mol. The van der Waals surface area contributed by atoms with Crippen LogP contribution in [0.3, 0.4) is 0 Å². The Hall–Kier alpha value is -3.39. The Morgan fingerprint density at radius 1 is 1.17 bits per heavy atom. The summed E-state index contributed by atoms with van der Waals surface area (Å²) in [4.78, 5) is 43.7. The fraction of sp³-hybridized carbons (Fsp3) is 0.444. The van der Waals surface area contributed by atoms with E-state index in [1.165, 1.54) is 25.7 Å². The number of piperidine rings is 1. The first-order valence-corrected chi connectivity index (χ1v) is 12.4. The second-order valence-electron chi connectivity index (χ2n) is 9.10. The molecule has 2 aromatic carbocycles. The number of rotatable bonds is 9. The van der Waals surface area contributed by atoms with Gasteiger partial charge in [0.25, 0.3) is 11.5 Å². The summed E-state index contributed by atoms with van der Waals surface area (Å²) in [5, 5.41) is 3.32. The second-order valence-corrected chi connectivity index (χ2v) is 9.10. The van der Waals surface area contributed by atoms with E-state index in [1.54, 1.807) is 31.4 Å². The number of hydrogen-bond donors (Lipinski definition) is 2. The summed E-state index contributed by atoms with van der Waals surface area (Å²) in [5.74, 6) is 0.396. The van der Waals surface area contributed by atoms with Crippen molar-refractivity contribution >= 4 is 16.8 Å². The maximum absolute atomic E-state index is 13.0. The van der Waals surface area contributed by atoms with Gasteiger partial charge in [-0.1, -0.05) is 31.5 Å². The molecular weight excluding hydrogens is 444 g/mol. The van der Waals surface area contributed by atoms with Crippen LogP contribution in [0.25, 0.3) is 10.9 Å². The highest BCUT2D eigenvalue weighted by Gasteiger charge is 2.20. The van der Waals surface area contributed by atoms with Crippen LogP contribution in [-0.2, 0) is 6.54 Å². The van der Waals surface area contributed by atoms with Crippen molar-refractivity contribution in [2.75, 3.05) is 26.7 Å². The zero-order chi connectivity index (χ0) is 24.8. The van der Waals surface area contributed by atoms with Gasteiger partial charge in [0.05, 0.1) is 24.6 Å². The van der Waals surface area contributed by atoms with Crippen LogP contribution in [0.2, 0.25) is 0 Å². The standard InChI is InChI=1S/C27H34N4O4/c1-3-21-10-6-7-15-30(21)16-8-14-28-25(32)19-12-13-22-23(17-19)29-27(34)31(26(22)33)18-20-9-4-5-11-24(20)35-2/h4-5,9,11-13,17,21H,3,6-8,10,14-16,18H2,1-2H3,(H,28,32)(H,29,34). The quantitative estimate of drug-likeness (QED) is 0.461. The van der Waals surface area contributed by atoms with Gasteiger partial charge in [-0.15, -0.1) is 0 Å². The Labute approximate surface area is 204 Å². The molecule has 0 radical (unpaired) electrons. The molecule has 0 spiro atoms. The number of aromatic amines is 1. The number of ether oxygens (including phenoxy) is 1. The molecule has 1 saturated heterocycles. The number of nitrogens with one attached hydrogen (secondary N) is 2. The lowest BCUT2D eigenvalue weighted by atomic mass is 10.00. The summed E-state index contributed by atoms with van der Waals surface area (Å²) in [6.45, 7) is 5.03. The minimum Gasteiger partial charge on any atom is -0.496 e. The van der Waals surface area contributed by atoms with Gasteiger partial charge in [-0.3, -0.25) is 14.2 Å². The number of carbonyl (C=O) groups excluding carboxylic acids is 1. The summed E-state index contributed by atoms with van der Waals surface area (Å²) < 4.78 is 6.48. The van der Waals surface area contributed by atoms with Crippen molar-refractivity contribution in [2.45, 2.75) is 51.6 Å². The van der Waals surface area contributed by atoms with E-state index in [4.69, 9.17) is 4.74 Å². The summed E-state index contributed by atoms with van der Waals surface area (Å²) in [6, 6.07) is 12.7. The van der Waals surface area contributed by atoms with Gasteiger partial charge in [-0.2, -0.15) is 0 Å². The molecule has 1 aliphatic heterocycles. The van der Waals surface area contributed by atoms with Gasteiger partial charge in [0.2, 0.25) is 0 Å². The number of benzene rings is 2. The predicted octanol–water partition coefficient (Wildman–Crippen LogP) is 3.13. The molecular formula is C27H34N4O4. The van der Waals surface area contributed by atoms with Gasteiger partial charge < -0.3 is 19.9 Å². The molecule has 2 heterocycles. The van der Waals surface area contributed by atoms with Crippen molar-refractivity contribution < 1.29 is 9.53 Å². The number of hydrogen-bond acceptors (Lipinski definition) is 5. The van der Waals surface area contributed by atoms with Crippen LogP contribution in [-0.4, -0.2) is 53.1 Å². The second kappa shape index (κ2) is 11.4. The zero-order valence-corrected chi connectivity index (χ0v) is 20.5. The number of likely N-dealkylation sites (tertiary alicyclic amines) is 1. The molecule has 1 aliphatic rings. The SMILES string of the molecule is CCC1CCCCN1CCCNC(=O)c1ccc2c(=O)n(Cc3ccccc3OC)c(=O)[nH]c2c1. The highest BCUT2D eigenvalue weighted by atomic mass is 16.5. The molecule has 8 nitrogen and oxygen atoms in total. The number of aromatic nitrogens is 2. The Morgan fingerprint density at radius 2 is 2.00 bits per heavy atom. The molecule has 0 bridgehead atoms. The van der Waals surface area contributed by atoms with E-state index in [-0.39, 0.29) is 12.5 Å². The van der Waals surface area contributed by atoms with Gasteiger partial charge in [-0.25, -0.2) is 4.79 Å². The summed E-state index contributed by atoms with van der Waals surface area (Å²) in [5.41, 5.74) is 0.557. The molecule has 186 valence electrons. The van der Waals surface area contributed by atoms with E-state index in [2.05, 4.69) is 22.1 Å². The van der Waals surface area contributed by atoms with Crippen molar-refractivity contribution in [3.8, 4) is 5.75 Å². The minimum atomic E-state index is -0.530. The van der Waals surface area contributed by atoms with Gasteiger partial charge in [-0.05, 0) is 56.5 Å². The Bertz CT molecular complexity index is 1300. The normalized spacial score (nSPS) is 16.3. The van der Waals surface area contributed by atoms with Crippen molar-refractivity contribution in [1.82, 2.24) is 19.8 Å². The molecule has 0 aliphatic carbocycles. The fourth-order valence-electron chi connectivity index (χ4n) is 4.95. The van der Waals surface area contributed by atoms with Gasteiger partial charge >= 0.3 is 5.69 Å². The molecule has 2 N–H and O–H groups in total. The van der Waals surface area contributed by atoms with Gasteiger partial charge in [0, 0.05) is 30.3 Å². The topological polar surface area (TPSA) is 96.4 Å². The number of methoxy groups -OCH3 is 1. The maximum atomic E-state index is 13.0. The molecule has 1 atom stereocenters. The molecule has 8 heteroatoms. The van der Waals surface area contributed by atoms with Crippen molar-refractivity contribution in [2.24, 2.45) is 0 Å². The number of H-pyrrole nitrogens is 1. The van der Waals surface area contributed by atoms with Crippen LogP contribution in [0, 0.1) is 0 Å². The van der Waals surface area contributed by atoms with Crippen LogP contribution in [0.4, 0.5) is 0 Å². The molecule has 1 amide bonds. The largest absolute Gasteiger partial charge is 0.496 e. The van der Waals surface area contributed by atoms with E-state index >= 15 is 0 Å². The smallest absolute Gasteiger partial charge is 0.329 e. The third-order valence-electron chi connectivity index (χ3n) is 6.89. The highest BCUT2D eigenvalue weighted by molar-refractivity contribution is 5.97. The van der Waals surface area contributed by atoms with Gasteiger partial charge in [0.15, 0.2) is 0 Å². The zero-order valence-electron chi connectivity index (χ0n) is 20.5. The van der Waals surface area contributed by atoms with E-state index in [0.717, 1.165) is 29.6 Å². The number of carbonyl (C=O) groups is 1. The van der Waals surface area contributed by atoms with E-state index in [1.807, 2.05) is 18.2 Å². The molecule has 0 saturated carbocycles. The Morgan fingerprint density at radius 3 is 2.80 bits per heavy atom. The molecule has 3 aromatic rings. The summed E-state index contributed by atoms with van der Waals surface area (Å²) in [7, 11) is 1.55. The van der Waals surface area contributed by atoms with Crippen molar-refractivity contribution in [1.29, 1.82) is 0 Å². The first kappa shape index (κ1) is 24.7. The Balaban J connectivity index is 1.43. The third kappa shape index (κ3) is 5.65. The van der Waals surface area contributed by atoms with Crippen LogP contribution in [0.5, 0.6) is 5.75 Å². The van der Waals surface area contributed by atoms with Crippen LogP contribution in [0.1, 0.15) is 54.9 Å². The molecule has 1 unspecified atom stereocenters. The fourth-order valence-corrected chi connectivity index (χ4v) is 4.95. The van der Waals surface area contributed by atoms with E-state index < -0.39 is 11.2 Å². The first-order valence-electron chi connectivity index (χ1n) is 12.4. The minimum absolute atomic E-state index is 0.0895. The first-order chi connectivity index (χ1) is 17.0. The van der Waals surface area contributed by atoms with Crippen LogP contribution < -0.4 is 21.3 Å².